The lowest BCUT2D eigenvalue weighted by molar-refractivity contribution is -0.141. The van der Waals surface area contributed by atoms with Crippen molar-refractivity contribution in [2.45, 2.75) is 19.3 Å². The number of fused-ring (bicyclic) bond motifs is 2. The number of rotatable bonds is 7. The van der Waals surface area contributed by atoms with Crippen LogP contribution >= 0.6 is 31.9 Å². The van der Waals surface area contributed by atoms with Crippen LogP contribution in [0.3, 0.4) is 0 Å². The van der Waals surface area contributed by atoms with E-state index < -0.39 is 23.7 Å². The van der Waals surface area contributed by atoms with Gasteiger partial charge in [-0.05, 0) is 74.2 Å². The van der Waals surface area contributed by atoms with E-state index in [1.54, 1.807) is 6.92 Å². The lowest BCUT2D eigenvalue weighted by atomic mass is 10.0. The number of hydrogen-bond acceptors (Lipinski definition) is 14. The van der Waals surface area contributed by atoms with Gasteiger partial charge in [0.25, 0.3) is 11.8 Å². The van der Waals surface area contributed by atoms with Crippen molar-refractivity contribution in [3.05, 3.63) is 69.4 Å². The van der Waals surface area contributed by atoms with Gasteiger partial charge in [-0.25, -0.2) is 19.9 Å². The first kappa shape index (κ1) is 39.2. The number of anilines is 2. The molecule has 0 atom stereocenters. The zero-order valence-corrected chi connectivity index (χ0v) is 32.1. The third-order valence-electron chi connectivity index (χ3n) is 7.98. The molecule has 0 unspecified atom stereocenters. The molecule has 2 aromatic carbocycles. The van der Waals surface area contributed by atoms with Gasteiger partial charge in [0, 0.05) is 24.8 Å². The molecule has 0 fully saturated rings. The van der Waals surface area contributed by atoms with Crippen molar-refractivity contribution in [3.63, 3.8) is 0 Å². The molecule has 0 spiro atoms. The van der Waals surface area contributed by atoms with Crippen LogP contribution in [0.1, 0.15) is 18.3 Å². The van der Waals surface area contributed by atoms with E-state index in [-0.39, 0.29) is 77.5 Å². The number of nitrogens with two attached hydrogens (primary N) is 2. The molecule has 4 N–H and O–H groups in total. The highest BCUT2D eigenvalue weighted by atomic mass is 79.9. The number of methoxy groups -OCH3 is 1. The Morgan fingerprint density at radius 1 is 0.667 bits per heavy atom. The molecule has 0 aliphatic carbocycles. The minimum Gasteiger partial charge on any atom is -0.478 e. The van der Waals surface area contributed by atoms with Crippen molar-refractivity contribution < 1.29 is 54.8 Å². The highest BCUT2D eigenvalue weighted by Gasteiger charge is 2.42. The van der Waals surface area contributed by atoms with Gasteiger partial charge in [0.1, 0.15) is 11.6 Å². The fraction of sp³-hybridized carbons (Fsp3) is 0.212. The van der Waals surface area contributed by atoms with Crippen molar-refractivity contribution >= 4 is 43.5 Å². The van der Waals surface area contributed by atoms with Crippen LogP contribution in [-0.2, 0) is 12.4 Å². The number of nitrogen functional groups attached to an aromatic ring is 2. The second kappa shape index (κ2) is 15.1. The van der Waals surface area contributed by atoms with E-state index in [2.05, 4.69) is 62.0 Å². The fourth-order valence-corrected chi connectivity index (χ4v) is 6.80. The van der Waals surface area contributed by atoms with Crippen molar-refractivity contribution in [2.75, 3.05) is 38.8 Å². The van der Waals surface area contributed by atoms with E-state index in [4.69, 9.17) is 39.9 Å². The minimum absolute atomic E-state index is 0.0105. The van der Waals surface area contributed by atoms with Gasteiger partial charge < -0.3 is 39.9 Å². The fourth-order valence-electron chi connectivity index (χ4n) is 5.68. The van der Waals surface area contributed by atoms with Gasteiger partial charge in [-0.1, -0.05) is 0 Å². The van der Waals surface area contributed by atoms with Crippen molar-refractivity contribution in [3.8, 4) is 68.6 Å². The molecule has 0 saturated carbocycles. The van der Waals surface area contributed by atoms with Crippen LogP contribution in [0.2, 0.25) is 0 Å². The van der Waals surface area contributed by atoms with E-state index in [1.807, 2.05) is 0 Å². The molecule has 2 aliphatic heterocycles. The molecule has 0 bridgehead atoms. The third-order valence-corrected chi connectivity index (χ3v) is 9.16. The van der Waals surface area contributed by atoms with Gasteiger partial charge >= 0.3 is 12.4 Å². The largest absolute Gasteiger partial charge is 0.478 e. The van der Waals surface area contributed by atoms with Gasteiger partial charge in [-0.3, -0.25) is 0 Å². The number of ether oxygens (including phenoxy) is 6. The van der Waals surface area contributed by atoms with Gasteiger partial charge in [-0.2, -0.15) is 45.9 Å². The van der Waals surface area contributed by atoms with E-state index in [0.29, 0.717) is 31.9 Å². The number of alkyl halides is 6. The van der Waals surface area contributed by atoms with Crippen LogP contribution in [-0.4, -0.2) is 66.8 Å². The van der Waals surface area contributed by atoms with E-state index in [1.165, 1.54) is 56.2 Å². The second-order valence-electron chi connectivity index (χ2n) is 11.4. The van der Waals surface area contributed by atoms with E-state index >= 15 is 0 Å². The van der Waals surface area contributed by atoms with Crippen molar-refractivity contribution in [2.24, 2.45) is 0 Å². The summed E-state index contributed by atoms with van der Waals surface area (Å²) >= 11 is 6.56. The van der Waals surface area contributed by atoms with Crippen LogP contribution < -0.4 is 39.9 Å². The van der Waals surface area contributed by atoms with Crippen LogP contribution in [0.15, 0.2) is 58.0 Å². The Kier molecular flexibility index (Phi) is 10.4. The highest BCUT2D eigenvalue weighted by molar-refractivity contribution is 9.11. The third kappa shape index (κ3) is 7.36. The first-order valence-electron chi connectivity index (χ1n) is 16.0. The maximum Gasteiger partial charge on any atom is 0.435 e. The Morgan fingerprint density at radius 2 is 1.09 bits per heavy atom. The molecule has 298 valence electrons. The van der Waals surface area contributed by atoms with E-state index in [0.717, 1.165) is 9.36 Å². The Labute approximate surface area is 332 Å². The SMILES string of the molecule is CCOc1nccnc1-n1nc(C(F)(F)F)c(-c2cc(Br)c3c(c2)OCO3)c1N.COc1nccnc1-n1nc(C(F)(F)F)c(-c2cc(Br)c3c(c2)OCO3)c1N. The zero-order chi connectivity index (χ0) is 40.8. The van der Waals surface area contributed by atoms with Crippen LogP contribution in [0, 0.1) is 0 Å². The van der Waals surface area contributed by atoms with Gasteiger partial charge in [0.2, 0.25) is 25.2 Å². The summed E-state index contributed by atoms with van der Waals surface area (Å²) in [4.78, 5) is 16.0. The summed E-state index contributed by atoms with van der Waals surface area (Å²) in [5.41, 5.74) is 9.50. The number of halogens is 8. The summed E-state index contributed by atoms with van der Waals surface area (Å²) in [6.45, 7) is 1.88. The summed E-state index contributed by atoms with van der Waals surface area (Å²) in [6.07, 6.45) is -4.25. The Morgan fingerprint density at radius 3 is 1.51 bits per heavy atom. The van der Waals surface area contributed by atoms with Crippen molar-refractivity contribution in [1.29, 1.82) is 0 Å². The van der Waals surface area contributed by atoms with Crippen LogP contribution in [0.4, 0.5) is 38.0 Å². The summed E-state index contributed by atoms with van der Waals surface area (Å²) < 4.78 is 117. The molecule has 16 nitrogen and oxygen atoms in total. The molecule has 8 rings (SSSR count). The molecule has 24 heteroatoms. The normalized spacial score (nSPS) is 13.0. The quantitative estimate of drug-likeness (QED) is 0.152. The van der Waals surface area contributed by atoms with Gasteiger partial charge in [-0.15, -0.1) is 0 Å². The summed E-state index contributed by atoms with van der Waals surface area (Å²) in [6, 6.07) is 5.74. The standard InChI is InChI=1S/C17H13BrF3N5O3.C16H11BrF3N5O3/c1-2-27-16-15(23-3-4-24-16)26-14(22)11(13(25-26)17(19,20)21)8-5-9(18)12-10(6-8)28-7-29-12;1-26-15-14(22-2-3-23-15)25-13(21)10(12(24-25)16(18,19)20)7-4-8(17)11-9(5-7)27-6-28-11/h3-6H,2,7,22H2,1H3;2-5H,6,21H2,1H3. The van der Waals surface area contributed by atoms with Crippen LogP contribution in [0.25, 0.3) is 33.9 Å². The molecule has 4 aromatic heterocycles. The lowest BCUT2D eigenvalue weighted by Crippen LogP contribution is -2.10. The molecule has 57 heavy (non-hydrogen) atoms. The number of nitrogens with zero attached hydrogens (tertiary/aromatic N) is 8. The smallest absolute Gasteiger partial charge is 0.435 e. The average molecular weight is 930 g/mol. The number of benzene rings is 2. The highest BCUT2D eigenvalue weighted by Crippen LogP contribution is 2.49. The first-order valence-corrected chi connectivity index (χ1v) is 17.6. The molecular formula is C33H24Br2F6N10O6. The zero-order valence-electron chi connectivity index (χ0n) is 28.9. The Hall–Kier alpha value is -6.04. The van der Waals surface area contributed by atoms with Gasteiger partial charge in [0.05, 0.1) is 33.8 Å². The molecule has 2 aliphatic rings. The predicted molar refractivity (Wildman–Crippen MR) is 193 cm³/mol. The van der Waals surface area contributed by atoms with Gasteiger partial charge in [0.15, 0.2) is 34.4 Å². The van der Waals surface area contributed by atoms with Crippen LogP contribution in [0.5, 0.6) is 34.8 Å². The second-order valence-corrected chi connectivity index (χ2v) is 13.1. The molecule has 6 heterocycles. The topological polar surface area (TPSA) is 195 Å². The first-order chi connectivity index (χ1) is 27.1. The summed E-state index contributed by atoms with van der Waals surface area (Å²) in [7, 11) is 1.31. The Balaban J connectivity index is 0.000000174. The molecule has 0 amide bonds. The monoisotopic (exact) mass is 928 g/mol. The number of aromatic nitrogens is 8. The average Bonchev–Trinajstić information content (AvgIpc) is 3.97. The molecule has 6 aromatic rings. The lowest BCUT2D eigenvalue weighted by Gasteiger charge is -2.10. The number of hydrogen-bond donors (Lipinski definition) is 2. The Bertz CT molecular complexity index is 2500. The predicted octanol–water partition coefficient (Wildman–Crippen LogP) is 7.25. The summed E-state index contributed by atoms with van der Waals surface area (Å²) in [5, 5.41) is 7.35. The molecule has 0 saturated heterocycles. The maximum absolute atomic E-state index is 13.8. The molecular weight excluding hydrogens is 906 g/mol. The molecule has 0 radical (unpaired) electrons. The van der Waals surface area contributed by atoms with Crippen molar-refractivity contribution in [1.82, 2.24) is 39.5 Å². The minimum atomic E-state index is -4.77. The maximum atomic E-state index is 13.8. The summed E-state index contributed by atoms with van der Waals surface area (Å²) in [5.74, 6) is 0.703. The van der Waals surface area contributed by atoms with E-state index in [9.17, 15) is 26.3 Å².